The third-order valence-corrected chi connectivity index (χ3v) is 1.44. The quantitative estimate of drug-likeness (QED) is 0.501. The second kappa shape index (κ2) is 2.67. The van der Waals surface area contributed by atoms with E-state index in [-0.39, 0.29) is 11.5 Å². The van der Waals surface area contributed by atoms with Gasteiger partial charge in [0.2, 0.25) is 0 Å². The van der Waals surface area contributed by atoms with Gasteiger partial charge in [-0.15, -0.1) is 11.6 Å². The normalized spacial score (nSPS) is 33.0. The van der Waals surface area contributed by atoms with Gasteiger partial charge in [0.25, 0.3) is 0 Å². The van der Waals surface area contributed by atoms with Crippen LogP contribution in [-0.4, -0.2) is 24.9 Å². The van der Waals surface area contributed by atoms with Gasteiger partial charge in [-0.3, -0.25) is 0 Å². The van der Waals surface area contributed by atoms with Crippen molar-refractivity contribution in [1.82, 2.24) is 0 Å². The molecule has 0 aromatic rings. The highest BCUT2D eigenvalue weighted by Gasteiger charge is 2.20. The van der Waals surface area contributed by atoms with Crippen molar-refractivity contribution in [2.75, 3.05) is 13.4 Å². The van der Waals surface area contributed by atoms with Gasteiger partial charge in [0.15, 0.2) is 0 Å². The van der Waals surface area contributed by atoms with Gasteiger partial charge in [-0.25, -0.2) is 0 Å². The summed E-state index contributed by atoms with van der Waals surface area (Å²) in [6.45, 7) is 2.95. The van der Waals surface area contributed by atoms with Crippen LogP contribution in [0.2, 0.25) is 0 Å². The average molecular weight is 137 g/mol. The van der Waals surface area contributed by atoms with Crippen LogP contribution in [0.4, 0.5) is 0 Å². The van der Waals surface area contributed by atoms with Crippen LogP contribution in [0.3, 0.4) is 0 Å². The molecule has 2 atom stereocenters. The zero-order chi connectivity index (χ0) is 5.98. The highest BCUT2D eigenvalue weighted by Crippen LogP contribution is 2.11. The zero-order valence-corrected chi connectivity index (χ0v) is 5.52. The fraction of sp³-hybridized carbons (Fsp3) is 1.00. The molecule has 8 heavy (non-hydrogen) atoms. The van der Waals surface area contributed by atoms with Crippen molar-refractivity contribution in [2.24, 2.45) is 0 Å². The van der Waals surface area contributed by atoms with E-state index in [2.05, 4.69) is 0 Å². The summed E-state index contributed by atoms with van der Waals surface area (Å²) in [6.07, 6.45) is 0.108. The number of hydrogen-bond acceptors (Lipinski definition) is 2. The number of rotatable bonds is 1. The Morgan fingerprint density at radius 1 is 1.75 bits per heavy atom. The van der Waals surface area contributed by atoms with E-state index in [0.717, 1.165) is 0 Å². The van der Waals surface area contributed by atoms with Crippen LogP contribution in [0.25, 0.3) is 0 Å². The Bertz CT molecular complexity index is 68.8. The Labute approximate surface area is 53.7 Å². The average Bonchev–Trinajstić information content (AvgIpc) is 2.12. The first kappa shape index (κ1) is 6.33. The molecule has 0 aromatic heterocycles. The van der Waals surface area contributed by atoms with Gasteiger partial charge in [-0.1, -0.05) is 0 Å². The monoisotopic (exact) mass is 136 g/mol. The number of alkyl halides is 1. The molecule has 1 rings (SSSR count). The van der Waals surface area contributed by atoms with E-state index in [0.29, 0.717) is 13.4 Å². The molecule has 1 unspecified atom stereocenters. The molecule has 1 saturated heterocycles. The topological polar surface area (TPSA) is 18.5 Å². The van der Waals surface area contributed by atoms with Gasteiger partial charge in [-0.05, 0) is 6.92 Å². The van der Waals surface area contributed by atoms with Gasteiger partial charge >= 0.3 is 0 Å². The molecule has 48 valence electrons. The van der Waals surface area contributed by atoms with E-state index in [1.54, 1.807) is 0 Å². The minimum Gasteiger partial charge on any atom is -0.353 e. The van der Waals surface area contributed by atoms with Crippen LogP contribution in [-0.2, 0) is 9.47 Å². The summed E-state index contributed by atoms with van der Waals surface area (Å²) in [4.78, 5) is 0. The van der Waals surface area contributed by atoms with Crippen LogP contribution >= 0.6 is 11.6 Å². The summed E-state index contributed by atoms with van der Waals surface area (Å²) in [5.74, 6) is 0. The molecular weight excluding hydrogens is 128 g/mol. The summed E-state index contributed by atoms with van der Waals surface area (Å²) in [6, 6.07) is 0. The first-order valence-electron chi connectivity index (χ1n) is 2.64. The third-order valence-electron chi connectivity index (χ3n) is 1.16. The van der Waals surface area contributed by atoms with Crippen LogP contribution in [0.15, 0.2) is 0 Å². The Balaban J connectivity index is 2.24. The third kappa shape index (κ3) is 1.34. The molecular formula is C5H9ClO2. The second-order valence-corrected chi connectivity index (χ2v) is 2.56. The molecule has 1 aliphatic rings. The van der Waals surface area contributed by atoms with E-state index in [1.165, 1.54) is 0 Å². The van der Waals surface area contributed by atoms with Crippen molar-refractivity contribution in [3.63, 3.8) is 0 Å². The van der Waals surface area contributed by atoms with Crippen molar-refractivity contribution < 1.29 is 9.47 Å². The number of hydrogen-bond donors (Lipinski definition) is 0. The maximum atomic E-state index is 5.68. The Kier molecular flexibility index (Phi) is 2.11. The summed E-state index contributed by atoms with van der Waals surface area (Å²) in [5, 5.41) is 0.0671. The lowest BCUT2D eigenvalue weighted by Gasteiger charge is -2.07. The van der Waals surface area contributed by atoms with Crippen LogP contribution in [0.1, 0.15) is 6.92 Å². The maximum absolute atomic E-state index is 5.68. The highest BCUT2D eigenvalue weighted by molar-refractivity contribution is 6.20. The predicted octanol–water partition coefficient (Wildman–Crippen LogP) is 0.987. The molecule has 1 heterocycles. The molecule has 0 saturated carbocycles. The summed E-state index contributed by atoms with van der Waals surface area (Å²) in [7, 11) is 0. The number of ether oxygens (including phenoxy) is 2. The summed E-state index contributed by atoms with van der Waals surface area (Å²) < 4.78 is 9.97. The maximum Gasteiger partial charge on any atom is 0.147 e. The van der Waals surface area contributed by atoms with Crippen molar-refractivity contribution in [2.45, 2.75) is 18.4 Å². The van der Waals surface area contributed by atoms with E-state index in [9.17, 15) is 0 Å². The Morgan fingerprint density at radius 2 is 2.50 bits per heavy atom. The van der Waals surface area contributed by atoms with Crippen LogP contribution in [0.5, 0.6) is 0 Å². The van der Waals surface area contributed by atoms with Crippen molar-refractivity contribution in [1.29, 1.82) is 0 Å². The first-order chi connectivity index (χ1) is 3.80. The van der Waals surface area contributed by atoms with E-state index < -0.39 is 0 Å². The SMILES string of the molecule is CC(Cl)[C@@H]1COCO1. The van der Waals surface area contributed by atoms with Crippen molar-refractivity contribution in [3.05, 3.63) is 0 Å². The lowest BCUT2D eigenvalue weighted by atomic mass is 10.3. The predicted molar refractivity (Wildman–Crippen MR) is 31.0 cm³/mol. The molecule has 0 spiro atoms. The Morgan fingerprint density at radius 3 is 2.75 bits per heavy atom. The lowest BCUT2D eigenvalue weighted by molar-refractivity contribution is 0.0469. The Hall–Kier alpha value is 0.210. The molecule has 0 aromatic carbocycles. The molecule has 0 amide bonds. The van der Waals surface area contributed by atoms with Gasteiger partial charge in [0.1, 0.15) is 6.79 Å². The molecule has 3 heteroatoms. The molecule has 2 nitrogen and oxygen atoms in total. The molecule has 0 N–H and O–H groups in total. The zero-order valence-electron chi connectivity index (χ0n) is 4.76. The largest absolute Gasteiger partial charge is 0.353 e. The van der Waals surface area contributed by atoms with Gasteiger partial charge in [0, 0.05) is 0 Å². The minimum atomic E-state index is 0.0671. The fourth-order valence-electron chi connectivity index (χ4n) is 0.613. The highest BCUT2D eigenvalue weighted by atomic mass is 35.5. The minimum absolute atomic E-state index is 0.0671. The molecule has 0 bridgehead atoms. The molecule has 1 aliphatic heterocycles. The standard InChI is InChI=1S/C5H9ClO2/c1-4(6)5-2-7-3-8-5/h4-5H,2-3H2,1H3/t4?,5-/m0/s1. The van der Waals surface area contributed by atoms with E-state index in [1.807, 2.05) is 6.92 Å². The van der Waals surface area contributed by atoms with Gasteiger partial charge < -0.3 is 9.47 Å². The summed E-state index contributed by atoms with van der Waals surface area (Å²) in [5.41, 5.74) is 0. The fourth-order valence-corrected chi connectivity index (χ4v) is 0.759. The first-order valence-corrected chi connectivity index (χ1v) is 3.08. The molecule has 1 fully saturated rings. The smallest absolute Gasteiger partial charge is 0.147 e. The molecule has 0 aliphatic carbocycles. The molecule has 0 radical (unpaired) electrons. The van der Waals surface area contributed by atoms with Gasteiger partial charge in [-0.2, -0.15) is 0 Å². The summed E-state index contributed by atoms with van der Waals surface area (Å²) >= 11 is 5.68. The van der Waals surface area contributed by atoms with Crippen molar-refractivity contribution >= 4 is 11.6 Å². The number of halogens is 1. The van der Waals surface area contributed by atoms with E-state index in [4.69, 9.17) is 21.1 Å². The van der Waals surface area contributed by atoms with Gasteiger partial charge in [0.05, 0.1) is 18.1 Å². The van der Waals surface area contributed by atoms with E-state index >= 15 is 0 Å². The lowest BCUT2D eigenvalue weighted by Crippen LogP contribution is -2.19. The van der Waals surface area contributed by atoms with Crippen molar-refractivity contribution in [3.8, 4) is 0 Å². The van der Waals surface area contributed by atoms with Crippen LogP contribution < -0.4 is 0 Å². The van der Waals surface area contributed by atoms with Crippen LogP contribution in [0, 0.1) is 0 Å². The second-order valence-electron chi connectivity index (χ2n) is 1.87.